The zero-order valence-electron chi connectivity index (χ0n) is 9.27. The lowest BCUT2D eigenvalue weighted by atomic mass is 10.2. The van der Waals surface area contributed by atoms with Gasteiger partial charge < -0.3 is 11.1 Å². The molecule has 2 heterocycles. The number of aromatic nitrogens is 2. The number of pyridine rings is 1. The van der Waals surface area contributed by atoms with Crippen molar-refractivity contribution in [2.75, 3.05) is 12.8 Å². The van der Waals surface area contributed by atoms with Gasteiger partial charge in [-0.1, -0.05) is 6.07 Å². The molecule has 2 aromatic rings. The summed E-state index contributed by atoms with van der Waals surface area (Å²) in [6, 6.07) is 5.35. The van der Waals surface area contributed by atoms with Gasteiger partial charge in [0.2, 0.25) is 0 Å². The smallest absolute Gasteiger partial charge is 0.281 e. The lowest BCUT2D eigenvalue weighted by molar-refractivity contribution is 0.634. The van der Waals surface area contributed by atoms with Gasteiger partial charge in [-0.15, -0.1) is 0 Å². The van der Waals surface area contributed by atoms with Crippen LogP contribution in [0.5, 0.6) is 0 Å². The summed E-state index contributed by atoms with van der Waals surface area (Å²) in [6.45, 7) is 1.91. The molecule has 0 aromatic carbocycles. The molecule has 0 fully saturated rings. The van der Waals surface area contributed by atoms with Gasteiger partial charge in [0, 0.05) is 12.2 Å². The molecule has 3 N–H and O–H groups in total. The van der Waals surface area contributed by atoms with E-state index in [9.17, 15) is 4.79 Å². The fourth-order valence-corrected chi connectivity index (χ4v) is 1.59. The van der Waals surface area contributed by atoms with Crippen LogP contribution >= 0.6 is 0 Å². The Morgan fingerprint density at radius 2 is 2.25 bits per heavy atom. The second kappa shape index (κ2) is 3.94. The summed E-state index contributed by atoms with van der Waals surface area (Å²) in [5.74, 6) is 0. The van der Waals surface area contributed by atoms with E-state index in [1.807, 2.05) is 13.0 Å². The maximum absolute atomic E-state index is 11.9. The number of nitrogen functional groups attached to an aromatic ring is 1. The summed E-state index contributed by atoms with van der Waals surface area (Å²) in [5.41, 5.74) is 6.98. The second-order valence-electron chi connectivity index (χ2n) is 3.66. The number of nitrogens with two attached hydrogens (primary N) is 1. The quantitative estimate of drug-likeness (QED) is 0.772. The molecule has 0 radical (unpaired) electrons. The maximum atomic E-state index is 11.9. The Morgan fingerprint density at radius 1 is 1.50 bits per heavy atom. The van der Waals surface area contributed by atoms with Crippen LogP contribution in [-0.2, 0) is 0 Å². The topological polar surface area (TPSA) is 72.4 Å². The van der Waals surface area contributed by atoms with Crippen molar-refractivity contribution in [3.63, 3.8) is 0 Å². The van der Waals surface area contributed by atoms with Gasteiger partial charge in [0.1, 0.15) is 11.3 Å². The van der Waals surface area contributed by atoms with Crippen molar-refractivity contribution in [3.05, 3.63) is 40.4 Å². The fourth-order valence-electron chi connectivity index (χ4n) is 1.59. The molecule has 0 amide bonds. The lowest BCUT2D eigenvalue weighted by Crippen LogP contribution is -2.25. The molecule has 5 nitrogen and oxygen atoms in total. The van der Waals surface area contributed by atoms with E-state index in [0.717, 1.165) is 0 Å². The lowest BCUT2D eigenvalue weighted by Gasteiger charge is -2.12. The average Bonchev–Trinajstić information content (AvgIpc) is 2.33. The highest BCUT2D eigenvalue weighted by atomic mass is 16.1. The SMILES string of the molecule is CNC(C)c1nc2ccccn2c(=O)c1N. The van der Waals surface area contributed by atoms with E-state index in [-0.39, 0.29) is 17.3 Å². The molecule has 1 atom stereocenters. The average molecular weight is 218 g/mol. The fraction of sp³-hybridized carbons (Fsp3) is 0.273. The minimum Gasteiger partial charge on any atom is -0.393 e. The van der Waals surface area contributed by atoms with Crippen molar-refractivity contribution in [1.29, 1.82) is 0 Å². The third-order valence-corrected chi connectivity index (χ3v) is 2.64. The van der Waals surface area contributed by atoms with Crippen molar-refractivity contribution < 1.29 is 0 Å². The van der Waals surface area contributed by atoms with Gasteiger partial charge in [0.05, 0.1) is 5.69 Å². The standard InChI is InChI=1S/C11H14N4O/c1-7(13-2)10-9(12)11(16)15-6-4-3-5-8(15)14-10/h3-7,13H,12H2,1-2H3. The molecule has 2 rings (SSSR count). The Hall–Kier alpha value is -1.88. The summed E-state index contributed by atoms with van der Waals surface area (Å²) in [6.07, 6.45) is 1.66. The molecule has 0 aliphatic heterocycles. The molecular formula is C11H14N4O. The first-order valence-electron chi connectivity index (χ1n) is 5.09. The van der Waals surface area contributed by atoms with Gasteiger partial charge in [-0.3, -0.25) is 9.20 Å². The molecule has 16 heavy (non-hydrogen) atoms. The van der Waals surface area contributed by atoms with Gasteiger partial charge in [-0.25, -0.2) is 4.98 Å². The molecule has 84 valence electrons. The Labute approximate surface area is 92.9 Å². The summed E-state index contributed by atoms with van der Waals surface area (Å²) in [7, 11) is 1.80. The first-order valence-corrected chi connectivity index (χ1v) is 5.09. The summed E-state index contributed by atoms with van der Waals surface area (Å²) >= 11 is 0. The Balaban J connectivity index is 2.79. The molecule has 0 bridgehead atoms. The van der Waals surface area contributed by atoms with Crippen LogP contribution < -0.4 is 16.6 Å². The third-order valence-electron chi connectivity index (χ3n) is 2.64. The second-order valence-corrected chi connectivity index (χ2v) is 3.66. The highest BCUT2D eigenvalue weighted by molar-refractivity contribution is 5.50. The molecule has 2 aromatic heterocycles. The summed E-state index contributed by atoms with van der Waals surface area (Å²) < 4.78 is 1.45. The number of hydrogen-bond donors (Lipinski definition) is 2. The first kappa shape index (κ1) is 10.6. The Kier molecular flexibility index (Phi) is 2.62. The normalized spacial score (nSPS) is 12.9. The molecule has 1 unspecified atom stereocenters. The van der Waals surface area contributed by atoms with E-state index in [0.29, 0.717) is 11.3 Å². The zero-order chi connectivity index (χ0) is 11.7. The van der Waals surface area contributed by atoms with Crippen molar-refractivity contribution in [3.8, 4) is 0 Å². The predicted molar refractivity (Wildman–Crippen MR) is 63.3 cm³/mol. The van der Waals surface area contributed by atoms with Gasteiger partial charge >= 0.3 is 0 Å². The van der Waals surface area contributed by atoms with Crippen LogP contribution in [-0.4, -0.2) is 16.4 Å². The number of nitrogens with zero attached hydrogens (tertiary/aromatic N) is 2. The van der Waals surface area contributed by atoms with E-state index in [1.165, 1.54) is 4.40 Å². The zero-order valence-corrected chi connectivity index (χ0v) is 9.27. The van der Waals surface area contributed by atoms with Crippen LogP contribution in [0.3, 0.4) is 0 Å². The van der Waals surface area contributed by atoms with Gasteiger partial charge in [0.25, 0.3) is 5.56 Å². The minimum absolute atomic E-state index is 0.0436. The van der Waals surface area contributed by atoms with Crippen molar-refractivity contribution in [2.45, 2.75) is 13.0 Å². The summed E-state index contributed by atoms with van der Waals surface area (Å²) in [4.78, 5) is 16.3. The van der Waals surface area contributed by atoms with Crippen LogP contribution in [0.15, 0.2) is 29.2 Å². The van der Waals surface area contributed by atoms with Gasteiger partial charge in [0.15, 0.2) is 0 Å². The van der Waals surface area contributed by atoms with Crippen LogP contribution in [0.4, 0.5) is 5.69 Å². The molecular weight excluding hydrogens is 204 g/mol. The predicted octanol–water partition coefficient (Wildman–Crippen LogP) is 0.557. The highest BCUT2D eigenvalue weighted by Crippen LogP contribution is 2.14. The Morgan fingerprint density at radius 3 is 2.94 bits per heavy atom. The van der Waals surface area contributed by atoms with Gasteiger partial charge in [-0.2, -0.15) is 0 Å². The number of anilines is 1. The van der Waals surface area contributed by atoms with Crippen LogP contribution in [0.1, 0.15) is 18.7 Å². The van der Waals surface area contributed by atoms with Gasteiger partial charge in [-0.05, 0) is 26.1 Å². The number of fused-ring (bicyclic) bond motifs is 1. The van der Waals surface area contributed by atoms with Crippen LogP contribution in [0.2, 0.25) is 0 Å². The first-order chi connectivity index (χ1) is 7.65. The van der Waals surface area contributed by atoms with Crippen LogP contribution in [0.25, 0.3) is 5.65 Å². The molecule has 5 heteroatoms. The molecule has 0 aliphatic carbocycles. The monoisotopic (exact) mass is 218 g/mol. The van der Waals surface area contributed by atoms with Crippen molar-refractivity contribution in [2.24, 2.45) is 0 Å². The van der Waals surface area contributed by atoms with Crippen molar-refractivity contribution >= 4 is 11.3 Å². The number of hydrogen-bond acceptors (Lipinski definition) is 4. The maximum Gasteiger partial charge on any atom is 0.281 e. The van der Waals surface area contributed by atoms with E-state index in [2.05, 4.69) is 10.3 Å². The van der Waals surface area contributed by atoms with Crippen LogP contribution in [0, 0.1) is 0 Å². The van der Waals surface area contributed by atoms with Crippen molar-refractivity contribution in [1.82, 2.24) is 14.7 Å². The van der Waals surface area contributed by atoms with E-state index in [4.69, 9.17) is 5.73 Å². The summed E-state index contributed by atoms with van der Waals surface area (Å²) in [5, 5.41) is 3.02. The molecule has 0 saturated heterocycles. The third kappa shape index (κ3) is 1.55. The minimum atomic E-state index is -0.220. The number of rotatable bonds is 2. The van der Waals surface area contributed by atoms with E-state index < -0.39 is 0 Å². The molecule has 0 saturated carbocycles. The largest absolute Gasteiger partial charge is 0.393 e. The molecule has 0 spiro atoms. The van der Waals surface area contributed by atoms with E-state index >= 15 is 0 Å². The Bertz CT molecular complexity index is 576. The molecule has 0 aliphatic rings. The number of nitrogens with one attached hydrogen (secondary N) is 1. The van der Waals surface area contributed by atoms with E-state index in [1.54, 1.807) is 25.4 Å². The highest BCUT2D eigenvalue weighted by Gasteiger charge is 2.13.